The molecular formula is C18H14Br2O5. The van der Waals surface area contributed by atoms with Crippen LogP contribution < -0.4 is 9.47 Å². The second-order valence-electron chi connectivity index (χ2n) is 6.19. The number of rotatable bonds is 6. The molecule has 5 rings (SSSR count). The van der Waals surface area contributed by atoms with E-state index in [9.17, 15) is 0 Å². The number of benzene rings is 2. The Kier molecular flexibility index (Phi) is 3.93. The standard InChI is InChI=1S/C18H14Br2O5/c19-13-3-15-11(1-17(13)23-7-9-5-21-9)12-2-18(24-8-10-6-22-10)14(20)4-16(12)25-15/h1-4,9-10H,5-8H2. The Morgan fingerprint density at radius 2 is 1.24 bits per heavy atom. The van der Waals surface area contributed by atoms with Crippen molar-refractivity contribution in [1.82, 2.24) is 0 Å². The fourth-order valence-electron chi connectivity index (χ4n) is 2.69. The summed E-state index contributed by atoms with van der Waals surface area (Å²) in [5.41, 5.74) is 1.60. The fraction of sp³-hybridized carbons (Fsp3) is 0.333. The highest BCUT2D eigenvalue weighted by Crippen LogP contribution is 2.40. The van der Waals surface area contributed by atoms with E-state index in [-0.39, 0.29) is 12.2 Å². The summed E-state index contributed by atoms with van der Waals surface area (Å²) < 4.78 is 29.8. The molecule has 2 fully saturated rings. The largest absolute Gasteiger partial charge is 0.490 e. The Hall–Kier alpha value is -1.28. The van der Waals surface area contributed by atoms with E-state index in [1.54, 1.807) is 0 Å². The average molecular weight is 470 g/mol. The lowest BCUT2D eigenvalue weighted by molar-refractivity contribution is 0.262. The van der Waals surface area contributed by atoms with Crippen molar-refractivity contribution in [3.63, 3.8) is 0 Å². The summed E-state index contributed by atoms with van der Waals surface area (Å²) >= 11 is 7.10. The van der Waals surface area contributed by atoms with Crippen LogP contribution in [0.15, 0.2) is 37.6 Å². The molecule has 3 heterocycles. The lowest BCUT2D eigenvalue weighted by atomic mass is 10.1. The van der Waals surface area contributed by atoms with Crippen LogP contribution >= 0.6 is 31.9 Å². The Labute approximate surface area is 160 Å². The van der Waals surface area contributed by atoms with E-state index in [2.05, 4.69) is 31.9 Å². The molecule has 0 radical (unpaired) electrons. The van der Waals surface area contributed by atoms with Crippen molar-refractivity contribution in [3.05, 3.63) is 33.2 Å². The Morgan fingerprint density at radius 1 is 0.800 bits per heavy atom. The van der Waals surface area contributed by atoms with E-state index in [4.69, 9.17) is 23.4 Å². The predicted molar refractivity (Wildman–Crippen MR) is 99.6 cm³/mol. The first-order chi connectivity index (χ1) is 12.2. The van der Waals surface area contributed by atoms with Crippen LogP contribution in [0.5, 0.6) is 11.5 Å². The number of furan rings is 1. The summed E-state index contributed by atoms with van der Waals surface area (Å²) in [6.07, 6.45) is 0.425. The Balaban J connectivity index is 1.54. The molecule has 0 N–H and O–H groups in total. The highest BCUT2D eigenvalue weighted by molar-refractivity contribution is 9.11. The van der Waals surface area contributed by atoms with Crippen molar-refractivity contribution in [3.8, 4) is 11.5 Å². The van der Waals surface area contributed by atoms with Gasteiger partial charge in [-0.05, 0) is 56.1 Å². The molecule has 2 aromatic carbocycles. The van der Waals surface area contributed by atoms with E-state index in [1.807, 2.05) is 24.3 Å². The molecule has 0 aliphatic carbocycles. The molecule has 0 saturated carbocycles. The van der Waals surface area contributed by atoms with Crippen molar-refractivity contribution in [2.24, 2.45) is 0 Å². The summed E-state index contributed by atoms with van der Waals surface area (Å²) in [5, 5.41) is 1.98. The third-order valence-electron chi connectivity index (χ3n) is 4.23. The van der Waals surface area contributed by atoms with Gasteiger partial charge in [-0.2, -0.15) is 0 Å². The van der Waals surface area contributed by atoms with Crippen LogP contribution in [0.3, 0.4) is 0 Å². The second-order valence-corrected chi connectivity index (χ2v) is 7.90. The van der Waals surface area contributed by atoms with E-state index in [0.717, 1.165) is 55.6 Å². The highest BCUT2D eigenvalue weighted by Gasteiger charge is 2.25. The minimum Gasteiger partial charge on any atom is -0.490 e. The van der Waals surface area contributed by atoms with Gasteiger partial charge in [-0.15, -0.1) is 0 Å². The van der Waals surface area contributed by atoms with E-state index in [1.165, 1.54) is 0 Å². The van der Waals surface area contributed by atoms with Gasteiger partial charge in [0.2, 0.25) is 0 Å². The molecule has 2 unspecified atom stereocenters. The second kappa shape index (κ2) is 6.16. The van der Waals surface area contributed by atoms with Crippen molar-refractivity contribution in [1.29, 1.82) is 0 Å². The zero-order valence-electron chi connectivity index (χ0n) is 13.1. The van der Waals surface area contributed by atoms with Gasteiger partial charge in [0.05, 0.1) is 22.2 Å². The molecule has 2 aliphatic heterocycles. The van der Waals surface area contributed by atoms with Gasteiger partial charge in [0, 0.05) is 10.8 Å². The van der Waals surface area contributed by atoms with Crippen LogP contribution in [0.4, 0.5) is 0 Å². The Bertz CT molecular complexity index is 883. The zero-order chi connectivity index (χ0) is 17.0. The van der Waals surface area contributed by atoms with Gasteiger partial charge in [-0.3, -0.25) is 0 Å². The van der Waals surface area contributed by atoms with Gasteiger partial charge in [0.1, 0.15) is 48.1 Å². The summed E-state index contributed by atoms with van der Waals surface area (Å²) in [6.45, 7) is 2.66. The topological polar surface area (TPSA) is 56.7 Å². The smallest absolute Gasteiger partial charge is 0.136 e. The molecule has 2 atom stereocenters. The van der Waals surface area contributed by atoms with Crippen molar-refractivity contribution in [2.75, 3.05) is 26.4 Å². The predicted octanol–water partition coefficient (Wildman–Crippen LogP) is 4.67. The monoisotopic (exact) mass is 468 g/mol. The fourth-order valence-corrected chi connectivity index (χ4v) is 3.57. The van der Waals surface area contributed by atoms with E-state index < -0.39 is 0 Å². The maximum Gasteiger partial charge on any atom is 0.136 e. The first kappa shape index (κ1) is 15.9. The lowest BCUT2D eigenvalue weighted by Gasteiger charge is -2.07. The summed E-state index contributed by atoms with van der Waals surface area (Å²) in [5.74, 6) is 1.56. The van der Waals surface area contributed by atoms with E-state index >= 15 is 0 Å². The van der Waals surface area contributed by atoms with Crippen LogP contribution in [0.1, 0.15) is 0 Å². The molecule has 1 aromatic heterocycles. The number of halogens is 2. The summed E-state index contributed by atoms with van der Waals surface area (Å²) in [6, 6.07) is 7.86. The van der Waals surface area contributed by atoms with Crippen LogP contribution in [-0.2, 0) is 9.47 Å². The lowest BCUT2D eigenvalue weighted by Crippen LogP contribution is -2.04. The summed E-state index contributed by atoms with van der Waals surface area (Å²) in [4.78, 5) is 0. The number of ether oxygens (including phenoxy) is 4. The molecule has 5 nitrogen and oxygen atoms in total. The van der Waals surface area contributed by atoms with Crippen LogP contribution in [0.25, 0.3) is 21.9 Å². The van der Waals surface area contributed by atoms with Gasteiger partial charge >= 0.3 is 0 Å². The first-order valence-electron chi connectivity index (χ1n) is 8.01. The van der Waals surface area contributed by atoms with Crippen LogP contribution in [0.2, 0.25) is 0 Å². The van der Waals surface area contributed by atoms with Gasteiger partial charge in [-0.25, -0.2) is 0 Å². The maximum absolute atomic E-state index is 5.98. The molecule has 0 spiro atoms. The molecule has 2 saturated heterocycles. The SMILES string of the molecule is Brc1cc2oc3cc(Br)c(OCC4CO4)cc3c2cc1OCC1CO1. The van der Waals surface area contributed by atoms with Crippen molar-refractivity contribution < 1.29 is 23.4 Å². The zero-order valence-corrected chi connectivity index (χ0v) is 16.3. The average Bonchev–Trinajstić information content (AvgIpc) is 3.49. The minimum absolute atomic E-state index is 0.212. The number of hydrogen-bond acceptors (Lipinski definition) is 5. The van der Waals surface area contributed by atoms with E-state index in [0.29, 0.717) is 13.2 Å². The maximum atomic E-state index is 5.98. The number of epoxide rings is 2. The molecule has 130 valence electrons. The molecule has 3 aromatic rings. The van der Waals surface area contributed by atoms with Crippen molar-refractivity contribution >= 4 is 53.8 Å². The molecule has 2 aliphatic rings. The van der Waals surface area contributed by atoms with Crippen LogP contribution in [-0.4, -0.2) is 38.6 Å². The Morgan fingerprint density at radius 3 is 1.64 bits per heavy atom. The molecule has 0 amide bonds. The number of fused-ring (bicyclic) bond motifs is 3. The molecule has 0 bridgehead atoms. The number of hydrogen-bond donors (Lipinski definition) is 0. The third-order valence-corrected chi connectivity index (χ3v) is 5.47. The van der Waals surface area contributed by atoms with Gasteiger partial charge in [0.25, 0.3) is 0 Å². The normalized spacial score (nSPS) is 21.7. The molecular weight excluding hydrogens is 456 g/mol. The minimum atomic E-state index is 0.212. The van der Waals surface area contributed by atoms with Gasteiger partial charge in [-0.1, -0.05) is 0 Å². The molecule has 25 heavy (non-hydrogen) atoms. The van der Waals surface area contributed by atoms with Gasteiger partial charge < -0.3 is 23.4 Å². The third kappa shape index (κ3) is 3.26. The molecule has 7 heteroatoms. The summed E-state index contributed by atoms with van der Waals surface area (Å²) in [7, 11) is 0. The van der Waals surface area contributed by atoms with Crippen molar-refractivity contribution in [2.45, 2.75) is 12.2 Å². The highest BCUT2D eigenvalue weighted by atomic mass is 79.9. The van der Waals surface area contributed by atoms with Crippen LogP contribution in [0, 0.1) is 0 Å². The quantitative estimate of drug-likeness (QED) is 0.491. The first-order valence-corrected chi connectivity index (χ1v) is 9.60. The van der Waals surface area contributed by atoms with Gasteiger partial charge in [0.15, 0.2) is 0 Å².